The van der Waals surface area contributed by atoms with Crippen molar-refractivity contribution in [1.29, 1.82) is 0 Å². The lowest BCUT2D eigenvalue weighted by Crippen LogP contribution is -2.32. The molecule has 3 N–H and O–H groups in total. The molecule has 0 bridgehead atoms. The molecule has 3 atom stereocenters. The van der Waals surface area contributed by atoms with Crippen LogP contribution in [0.2, 0.25) is 5.02 Å². The van der Waals surface area contributed by atoms with Crippen LogP contribution in [0.3, 0.4) is 0 Å². The minimum Gasteiger partial charge on any atom is -0.344 e. The van der Waals surface area contributed by atoms with Gasteiger partial charge < -0.3 is 10.6 Å². The summed E-state index contributed by atoms with van der Waals surface area (Å²) in [6, 6.07) is 7.76. The molecule has 7 heteroatoms. The molecular weight excluding hydrogens is 359 g/mol. The van der Waals surface area contributed by atoms with Crippen LogP contribution >= 0.6 is 24.0 Å². The molecule has 3 unspecified atom stereocenters. The number of benzene rings is 1. The van der Waals surface area contributed by atoms with Crippen molar-refractivity contribution in [2.75, 3.05) is 6.54 Å². The minimum absolute atomic E-state index is 0. The summed E-state index contributed by atoms with van der Waals surface area (Å²) in [7, 11) is 0. The number of carbonyl (C=O) groups excluding carboxylic acids is 1. The van der Waals surface area contributed by atoms with Crippen molar-refractivity contribution in [2.45, 2.75) is 32.4 Å². The number of aromatic nitrogens is 2. The van der Waals surface area contributed by atoms with E-state index in [0.717, 1.165) is 36.2 Å². The Balaban J connectivity index is 0.00000182. The van der Waals surface area contributed by atoms with Crippen LogP contribution in [0, 0.1) is 11.8 Å². The number of fused-ring (bicyclic) bond motifs is 1. The molecule has 1 fully saturated rings. The molecule has 1 amide bonds. The first-order valence-electron chi connectivity index (χ1n) is 8.46. The molecule has 1 aliphatic carbocycles. The second-order valence-electron chi connectivity index (χ2n) is 6.84. The maximum absolute atomic E-state index is 12.8. The summed E-state index contributed by atoms with van der Waals surface area (Å²) in [4.78, 5) is 12.8. The van der Waals surface area contributed by atoms with Crippen LogP contribution in [0.1, 0.15) is 46.7 Å². The number of aromatic amines is 1. The van der Waals surface area contributed by atoms with Crippen LogP contribution in [0.25, 0.3) is 0 Å². The van der Waals surface area contributed by atoms with Crippen LogP contribution in [-0.2, 0) is 13.0 Å². The number of nitrogens with one attached hydrogen (secondary N) is 3. The van der Waals surface area contributed by atoms with Gasteiger partial charge in [-0.1, -0.05) is 30.7 Å². The van der Waals surface area contributed by atoms with Gasteiger partial charge in [-0.05, 0) is 36.0 Å². The van der Waals surface area contributed by atoms with Crippen LogP contribution in [0.4, 0.5) is 0 Å². The van der Waals surface area contributed by atoms with Gasteiger partial charge in [-0.15, -0.1) is 12.4 Å². The molecule has 1 aliphatic heterocycles. The highest BCUT2D eigenvalue weighted by atomic mass is 35.5. The van der Waals surface area contributed by atoms with Crippen molar-refractivity contribution in [3.63, 3.8) is 0 Å². The first-order valence-corrected chi connectivity index (χ1v) is 8.84. The zero-order valence-electron chi connectivity index (χ0n) is 14.0. The molecule has 1 aromatic heterocycles. The Labute approximate surface area is 158 Å². The number of amides is 1. The van der Waals surface area contributed by atoms with E-state index in [9.17, 15) is 4.79 Å². The normalized spacial score (nSPS) is 22.5. The first-order chi connectivity index (χ1) is 11.6. The molecule has 134 valence electrons. The summed E-state index contributed by atoms with van der Waals surface area (Å²) in [5.74, 6) is 0.999. The lowest BCUT2D eigenvalue weighted by atomic mass is 10.00. The highest BCUT2D eigenvalue weighted by Gasteiger charge is 2.41. The first kappa shape index (κ1) is 18.2. The van der Waals surface area contributed by atoms with Gasteiger partial charge in [-0.25, -0.2) is 0 Å². The van der Waals surface area contributed by atoms with E-state index in [1.54, 1.807) is 0 Å². The molecule has 1 saturated carbocycles. The van der Waals surface area contributed by atoms with E-state index in [0.29, 0.717) is 29.1 Å². The Morgan fingerprint density at radius 3 is 2.76 bits per heavy atom. The highest BCUT2D eigenvalue weighted by molar-refractivity contribution is 6.30. The van der Waals surface area contributed by atoms with Gasteiger partial charge >= 0.3 is 0 Å². The third kappa shape index (κ3) is 3.68. The van der Waals surface area contributed by atoms with Gasteiger partial charge in [0, 0.05) is 35.8 Å². The Morgan fingerprint density at radius 1 is 1.36 bits per heavy atom. The van der Waals surface area contributed by atoms with E-state index in [2.05, 4.69) is 27.8 Å². The fourth-order valence-electron chi connectivity index (χ4n) is 3.55. The largest absolute Gasteiger partial charge is 0.344 e. The zero-order valence-corrected chi connectivity index (χ0v) is 15.6. The van der Waals surface area contributed by atoms with Crippen molar-refractivity contribution < 1.29 is 4.79 Å². The van der Waals surface area contributed by atoms with E-state index in [4.69, 9.17) is 11.6 Å². The Bertz CT molecular complexity index is 759. The van der Waals surface area contributed by atoms with E-state index >= 15 is 0 Å². The summed E-state index contributed by atoms with van der Waals surface area (Å²) in [5, 5.41) is 14.5. The van der Waals surface area contributed by atoms with Crippen molar-refractivity contribution >= 4 is 29.9 Å². The molecule has 25 heavy (non-hydrogen) atoms. The van der Waals surface area contributed by atoms with Gasteiger partial charge in [-0.2, -0.15) is 5.10 Å². The third-order valence-electron chi connectivity index (χ3n) is 5.14. The summed E-state index contributed by atoms with van der Waals surface area (Å²) >= 11 is 6.00. The van der Waals surface area contributed by atoms with E-state index in [1.807, 2.05) is 24.3 Å². The van der Waals surface area contributed by atoms with Crippen molar-refractivity contribution in [3.05, 3.63) is 51.8 Å². The van der Waals surface area contributed by atoms with Crippen LogP contribution in [0.15, 0.2) is 24.3 Å². The monoisotopic (exact) mass is 380 g/mol. The fraction of sp³-hybridized carbons (Fsp3) is 0.444. The summed E-state index contributed by atoms with van der Waals surface area (Å²) in [5.41, 5.74) is 3.69. The molecule has 5 nitrogen and oxygen atoms in total. The average Bonchev–Trinajstić information content (AvgIpc) is 3.15. The Kier molecular flexibility index (Phi) is 5.37. The number of hydrogen-bond acceptors (Lipinski definition) is 3. The zero-order chi connectivity index (χ0) is 16.7. The minimum atomic E-state index is -0.102. The van der Waals surface area contributed by atoms with Gasteiger partial charge in [0.1, 0.15) is 0 Å². The van der Waals surface area contributed by atoms with Gasteiger partial charge in [0.15, 0.2) is 5.69 Å². The SMILES string of the molecule is CC1CC1C(NC(=O)c1n[nH]c2c1CNCC2)c1ccc(Cl)cc1.Cl. The van der Waals surface area contributed by atoms with Crippen molar-refractivity contribution in [2.24, 2.45) is 11.8 Å². The average molecular weight is 381 g/mol. The smallest absolute Gasteiger partial charge is 0.272 e. The van der Waals surface area contributed by atoms with E-state index in [-0.39, 0.29) is 24.4 Å². The van der Waals surface area contributed by atoms with E-state index < -0.39 is 0 Å². The van der Waals surface area contributed by atoms with Gasteiger partial charge in [0.2, 0.25) is 0 Å². The molecular formula is C18H22Cl2N4O. The van der Waals surface area contributed by atoms with Gasteiger partial charge in [-0.3, -0.25) is 9.89 Å². The molecule has 0 spiro atoms. The predicted octanol–water partition coefficient (Wildman–Crippen LogP) is 3.26. The highest BCUT2D eigenvalue weighted by Crippen LogP contribution is 2.47. The molecule has 1 aromatic carbocycles. The third-order valence-corrected chi connectivity index (χ3v) is 5.39. The van der Waals surface area contributed by atoms with Crippen molar-refractivity contribution in [3.8, 4) is 0 Å². The van der Waals surface area contributed by atoms with Crippen molar-refractivity contribution in [1.82, 2.24) is 20.8 Å². The van der Waals surface area contributed by atoms with Gasteiger partial charge in [0.05, 0.1) is 6.04 Å². The molecule has 0 saturated heterocycles. The number of H-pyrrole nitrogens is 1. The van der Waals surface area contributed by atoms with Gasteiger partial charge in [0.25, 0.3) is 5.91 Å². The number of carbonyl (C=O) groups is 1. The lowest BCUT2D eigenvalue weighted by molar-refractivity contribution is 0.0924. The fourth-order valence-corrected chi connectivity index (χ4v) is 3.67. The predicted molar refractivity (Wildman–Crippen MR) is 100 cm³/mol. The molecule has 2 heterocycles. The Hall–Kier alpha value is -1.56. The van der Waals surface area contributed by atoms with Crippen LogP contribution < -0.4 is 10.6 Å². The quantitative estimate of drug-likeness (QED) is 0.762. The Morgan fingerprint density at radius 2 is 2.08 bits per heavy atom. The second-order valence-corrected chi connectivity index (χ2v) is 7.27. The molecule has 2 aliphatic rings. The molecule has 4 rings (SSSR count). The maximum Gasteiger partial charge on any atom is 0.272 e. The number of nitrogens with zero attached hydrogens (tertiary/aromatic N) is 1. The number of hydrogen-bond donors (Lipinski definition) is 3. The standard InChI is InChI=1S/C18H21ClN4O.ClH/c1-10-8-13(10)16(11-2-4-12(19)5-3-11)21-18(24)17-14-9-20-7-6-15(14)22-23-17;/h2-5,10,13,16,20H,6-9H2,1H3,(H,21,24)(H,22,23);1H. The number of rotatable bonds is 4. The maximum atomic E-state index is 12.8. The summed E-state index contributed by atoms with van der Waals surface area (Å²) < 4.78 is 0. The van der Waals surface area contributed by atoms with E-state index in [1.165, 1.54) is 0 Å². The number of halogens is 2. The lowest BCUT2D eigenvalue weighted by Gasteiger charge is -2.20. The molecule has 0 radical (unpaired) electrons. The summed E-state index contributed by atoms with van der Waals surface area (Å²) in [6.07, 6.45) is 2.02. The topological polar surface area (TPSA) is 69.8 Å². The molecule has 2 aromatic rings. The van der Waals surface area contributed by atoms with Crippen LogP contribution in [0.5, 0.6) is 0 Å². The van der Waals surface area contributed by atoms with Crippen LogP contribution in [-0.4, -0.2) is 22.6 Å². The second kappa shape index (κ2) is 7.36. The summed E-state index contributed by atoms with van der Waals surface area (Å²) in [6.45, 7) is 3.84.